The Bertz CT molecular complexity index is 766. The van der Waals surface area contributed by atoms with Gasteiger partial charge in [0.05, 0.1) is 12.0 Å². The fourth-order valence-corrected chi connectivity index (χ4v) is 3.42. The van der Waals surface area contributed by atoms with Gasteiger partial charge in [-0.15, -0.1) is 12.4 Å². The maximum Gasteiger partial charge on any atom is 0.416 e. The summed E-state index contributed by atoms with van der Waals surface area (Å²) in [7, 11) is 0. The molecule has 1 aliphatic heterocycles. The number of nitrogens with zero attached hydrogens (tertiary/aromatic N) is 1. The minimum Gasteiger partial charge on any atom is -0.314 e. The second-order valence-corrected chi connectivity index (χ2v) is 6.82. The zero-order chi connectivity index (χ0) is 20.4. The fourth-order valence-electron chi connectivity index (χ4n) is 3.42. The maximum absolute atomic E-state index is 13.1. The summed E-state index contributed by atoms with van der Waals surface area (Å²) in [5.74, 6) is 0. The minimum atomic E-state index is -4.41. The molecule has 9 heteroatoms. The maximum atomic E-state index is 13.1. The van der Waals surface area contributed by atoms with Crippen LogP contribution in [0.15, 0.2) is 48.5 Å². The van der Waals surface area contributed by atoms with Crippen molar-refractivity contribution in [3.63, 3.8) is 0 Å². The average molecular weight is 439 g/mol. The van der Waals surface area contributed by atoms with Gasteiger partial charge in [-0.2, -0.15) is 26.3 Å². The molecule has 3 rings (SSSR count). The summed E-state index contributed by atoms with van der Waals surface area (Å²) < 4.78 is 77.3. The van der Waals surface area contributed by atoms with E-state index in [-0.39, 0.29) is 12.4 Å². The molecule has 1 atom stereocenters. The third kappa shape index (κ3) is 6.35. The minimum absolute atomic E-state index is 0. The molecule has 0 spiro atoms. The van der Waals surface area contributed by atoms with Crippen LogP contribution in [0.5, 0.6) is 0 Å². The van der Waals surface area contributed by atoms with Crippen molar-refractivity contribution in [1.29, 1.82) is 0 Å². The number of benzene rings is 2. The van der Waals surface area contributed by atoms with E-state index in [1.807, 2.05) is 4.90 Å². The first-order valence-corrected chi connectivity index (χ1v) is 8.92. The van der Waals surface area contributed by atoms with Crippen LogP contribution in [0.3, 0.4) is 0 Å². The molecule has 1 aliphatic rings. The van der Waals surface area contributed by atoms with Gasteiger partial charge in [0.15, 0.2) is 0 Å². The van der Waals surface area contributed by atoms with Crippen molar-refractivity contribution in [2.75, 3.05) is 26.2 Å². The highest BCUT2D eigenvalue weighted by molar-refractivity contribution is 5.85. The number of hydrogen-bond acceptors (Lipinski definition) is 2. The summed E-state index contributed by atoms with van der Waals surface area (Å²) in [5, 5.41) is 3.13. The highest BCUT2D eigenvalue weighted by Gasteiger charge is 2.36. The number of nitrogens with one attached hydrogen (secondary N) is 1. The largest absolute Gasteiger partial charge is 0.416 e. The number of hydrogen-bond donors (Lipinski definition) is 1. The lowest BCUT2D eigenvalue weighted by Gasteiger charge is -2.35. The van der Waals surface area contributed by atoms with Gasteiger partial charge in [-0.1, -0.05) is 36.4 Å². The number of piperazine rings is 1. The van der Waals surface area contributed by atoms with Gasteiger partial charge in [0.2, 0.25) is 0 Å². The van der Waals surface area contributed by atoms with Crippen LogP contribution in [-0.2, 0) is 6.18 Å². The lowest BCUT2D eigenvalue weighted by molar-refractivity contribution is -0.148. The van der Waals surface area contributed by atoms with Crippen molar-refractivity contribution in [3.8, 4) is 11.1 Å². The normalized spacial score (nSPS) is 16.9. The van der Waals surface area contributed by atoms with Crippen LogP contribution in [0.1, 0.15) is 23.6 Å². The van der Waals surface area contributed by atoms with Gasteiger partial charge in [0.1, 0.15) is 0 Å². The topological polar surface area (TPSA) is 15.3 Å². The van der Waals surface area contributed by atoms with Gasteiger partial charge in [-0.25, -0.2) is 0 Å². The summed E-state index contributed by atoms with van der Waals surface area (Å²) in [5.41, 5.74) is 1.05. The first kappa shape index (κ1) is 23.5. The third-order valence-corrected chi connectivity index (χ3v) is 4.86. The van der Waals surface area contributed by atoms with Crippen molar-refractivity contribution in [2.24, 2.45) is 0 Å². The Kier molecular flexibility index (Phi) is 7.59. The Morgan fingerprint density at radius 3 is 1.72 bits per heavy atom. The molecule has 1 N–H and O–H groups in total. The summed E-state index contributed by atoms with van der Waals surface area (Å²) in [4.78, 5) is 1.82. The highest BCUT2D eigenvalue weighted by atomic mass is 35.5. The molecular formula is C20H21ClF6N2. The van der Waals surface area contributed by atoms with Crippen LogP contribution >= 0.6 is 12.4 Å². The van der Waals surface area contributed by atoms with Crippen molar-refractivity contribution in [3.05, 3.63) is 59.7 Å². The van der Waals surface area contributed by atoms with Crippen molar-refractivity contribution < 1.29 is 26.3 Å². The van der Waals surface area contributed by atoms with Crippen LogP contribution in [0, 0.1) is 0 Å². The van der Waals surface area contributed by atoms with Gasteiger partial charge in [0, 0.05) is 32.2 Å². The standard InChI is InChI=1S/C20H20F6N2.ClH/c21-19(22,23)13-18(28-11-9-27-10-12-28)16-3-1-14(2-4-16)15-5-7-17(8-6-15)20(24,25)26;/h1-8,18,27H,9-13H2;1H/t18-;/m0./s1. The Labute approximate surface area is 171 Å². The van der Waals surface area contributed by atoms with Gasteiger partial charge in [-0.05, 0) is 28.8 Å². The molecule has 0 radical (unpaired) electrons. The second-order valence-electron chi connectivity index (χ2n) is 6.82. The quantitative estimate of drug-likeness (QED) is 0.617. The summed E-state index contributed by atoms with van der Waals surface area (Å²) >= 11 is 0. The van der Waals surface area contributed by atoms with Gasteiger partial charge < -0.3 is 5.32 Å². The number of halogens is 7. The predicted octanol–water partition coefficient (Wildman–Crippen LogP) is 5.69. The Morgan fingerprint density at radius 1 is 0.793 bits per heavy atom. The van der Waals surface area contributed by atoms with E-state index in [0.717, 1.165) is 12.1 Å². The monoisotopic (exact) mass is 438 g/mol. The smallest absolute Gasteiger partial charge is 0.314 e. The molecule has 0 unspecified atom stereocenters. The molecular weight excluding hydrogens is 418 g/mol. The summed E-state index contributed by atoms with van der Waals surface area (Å²) in [6, 6.07) is 10.5. The van der Waals surface area contributed by atoms with Crippen LogP contribution in [0.4, 0.5) is 26.3 Å². The molecule has 29 heavy (non-hydrogen) atoms. The molecule has 1 heterocycles. The first-order valence-electron chi connectivity index (χ1n) is 8.92. The summed E-state index contributed by atoms with van der Waals surface area (Å²) in [6.45, 7) is 2.33. The fraction of sp³-hybridized carbons (Fsp3) is 0.400. The zero-order valence-corrected chi connectivity index (χ0v) is 16.2. The van der Waals surface area contributed by atoms with Crippen molar-refractivity contribution >= 4 is 12.4 Å². The predicted molar refractivity (Wildman–Crippen MR) is 102 cm³/mol. The van der Waals surface area contributed by atoms with Crippen molar-refractivity contribution in [2.45, 2.75) is 24.8 Å². The molecule has 1 fully saturated rings. The molecule has 2 aromatic rings. The Hall–Kier alpha value is -1.77. The lowest BCUT2D eigenvalue weighted by atomic mass is 9.97. The zero-order valence-electron chi connectivity index (χ0n) is 15.4. The van der Waals surface area contributed by atoms with E-state index in [1.54, 1.807) is 24.3 Å². The second kappa shape index (κ2) is 9.36. The highest BCUT2D eigenvalue weighted by Crippen LogP contribution is 2.35. The van der Waals surface area contributed by atoms with Gasteiger partial charge in [0.25, 0.3) is 0 Å². The molecule has 2 nitrogen and oxygen atoms in total. The molecule has 0 aromatic heterocycles. The van der Waals surface area contributed by atoms with E-state index in [0.29, 0.717) is 42.9 Å². The first-order chi connectivity index (χ1) is 13.1. The third-order valence-electron chi connectivity index (χ3n) is 4.86. The molecule has 1 saturated heterocycles. The van der Waals surface area contributed by atoms with Crippen LogP contribution in [0.2, 0.25) is 0 Å². The molecule has 0 bridgehead atoms. The van der Waals surface area contributed by atoms with Gasteiger partial charge >= 0.3 is 12.4 Å². The summed E-state index contributed by atoms with van der Waals surface area (Å²) in [6.07, 6.45) is -9.63. The van der Waals surface area contributed by atoms with Gasteiger partial charge in [-0.3, -0.25) is 4.90 Å². The average Bonchev–Trinajstić information content (AvgIpc) is 2.66. The molecule has 0 aliphatic carbocycles. The van der Waals surface area contributed by atoms with E-state index < -0.39 is 30.4 Å². The van der Waals surface area contributed by atoms with E-state index in [4.69, 9.17) is 0 Å². The van der Waals surface area contributed by atoms with Crippen molar-refractivity contribution in [1.82, 2.24) is 10.2 Å². The number of rotatable bonds is 4. The Morgan fingerprint density at radius 2 is 1.28 bits per heavy atom. The van der Waals surface area contributed by atoms with Crippen LogP contribution < -0.4 is 5.32 Å². The SMILES string of the molecule is Cl.FC(F)(F)C[C@@H](c1ccc(-c2ccc(C(F)(F)F)cc2)cc1)N1CCNCC1. The Balaban J connectivity index is 0.00000300. The number of alkyl halides is 6. The van der Waals surface area contributed by atoms with Crippen LogP contribution in [-0.4, -0.2) is 37.3 Å². The molecule has 2 aromatic carbocycles. The molecule has 160 valence electrons. The molecule has 0 saturated carbocycles. The van der Waals surface area contributed by atoms with Crippen LogP contribution in [0.25, 0.3) is 11.1 Å². The molecule has 0 amide bonds. The van der Waals surface area contributed by atoms with E-state index in [1.165, 1.54) is 12.1 Å². The lowest BCUT2D eigenvalue weighted by Crippen LogP contribution is -2.46. The van der Waals surface area contributed by atoms with E-state index in [9.17, 15) is 26.3 Å². The van der Waals surface area contributed by atoms with E-state index >= 15 is 0 Å². The van der Waals surface area contributed by atoms with E-state index in [2.05, 4.69) is 5.32 Å².